The maximum Gasteiger partial charge on any atom is 0.277 e. The van der Waals surface area contributed by atoms with E-state index < -0.39 is 0 Å². The molecule has 0 fully saturated rings. The van der Waals surface area contributed by atoms with Gasteiger partial charge >= 0.3 is 0 Å². The molecule has 0 aliphatic rings. The molecule has 0 aliphatic carbocycles. The first-order chi connectivity index (χ1) is 13.3. The van der Waals surface area contributed by atoms with E-state index in [-0.39, 0.29) is 0 Å². The Kier molecular flexibility index (Phi) is 5.50. The summed E-state index contributed by atoms with van der Waals surface area (Å²) in [7, 11) is 0. The van der Waals surface area contributed by atoms with Crippen LogP contribution in [-0.2, 0) is 5.75 Å². The highest BCUT2D eigenvalue weighted by atomic mass is 32.2. The van der Waals surface area contributed by atoms with Crippen molar-refractivity contribution in [1.82, 2.24) is 15.2 Å². The van der Waals surface area contributed by atoms with E-state index in [4.69, 9.17) is 14.1 Å². The van der Waals surface area contributed by atoms with Gasteiger partial charge in [-0.15, -0.1) is 21.5 Å². The van der Waals surface area contributed by atoms with Crippen LogP contribution in [0.5, 0.6) is 5.75 Å². The SMILES string of the molecule is CCOc1ccc(-c2nc(CSc3nnc(-c4ccccc4)o3)cs2)cc1. The van der Waals surface area contributed by atoms with Gasteiger partial charge in [-0.05, 0) is 43.3 Å². The molecule has 0 N–H and O–H groups in total. The smallest absolute Gasteiger partial charge is 0.277 e. The summed E-state index contributed by atoms with van der Waals surface area (Å²) in [5, 5.41) is 11.8. The van der Waals surface area contributed by atoms with Gasteiger partial charge in [0.1, 0.15) is 10.8 Å². The van der Waals surface area contributed by atoms with E-state index in [0.29, 0.717) is 23.5 Å². The van der Waals surface area contributed by atoms with Crippen molar-refractivity contribution in [2.24, 2.45) is 0 Å². The first-order valence-corrected chi connectivity index (χ1v) is 10.4. The van der Waals surface area contributed by atoms with Crippen LogP contribution in [0.25, 0.3) is 22.0 Å². The van der Waals surface area contributed by atoms with E-state index >= 15 is 0 Å². The van der Waals surface area contributed by atoms with Crippen LogP contribution in [0, 0.1) is 0 Å². The van der Waals surface area contributed by atoms with Crippen LogP contribution in [0.3, 0.4) is 0 Å². The van der Waals surface area contributed by atoms with E-state index in [1.54, 1.807) is 11.3 Å². The van der Waals surface area contributed by atoms with E-state index in [0.717, 1.165) is 27.6 Å². The molecule has 0 atom stereocenters. The zero-order valence-electron chi connectivity index (χ0n) is 14.7. The quantitative estimate of drug-likeness (QED) is 0.382. The topological polar surface area (TPSA) is 61.0 Å². The lowest BCUT2D eigenvalue weighted by molar-refractivity contribution is 0.340. The van der Waals surface area contributed by atoms with Gasteiger partial charge in [0.2, 0.25) is 5.89 Å². The standard InChI is InChI=1S/C20H17N3O2S2/c1-2-24-17-10-8-15(9-11-17)19-21-16(12-26-19)13-27-20-23-22-18(25-20)14-6-4-3-5-7-14/h3-12H,2,13H2,1H3. The van der Waals surface area contributed by atoms with Crippen molar-refractivity contribution < 1.29 is 9.15 Å². The summed E-state index contributed by atoms with van der Waals surface area (Å²) in [5.41, 5.74) is 3.00. The Labute approximate surface area is 165 Å². The molecule has 0 spiro atoms. The summed E-state index contributed by atoms with van der Waals surface area (Å²) in [6, 6.07) is 17.8. The second-order valence-corrected chi connectivity index (χ2v) is 7.41. The van der Waals surface area contributed by atoms with Crippen LogP contribution in [-0.4, -0.2) is 21.8 Å². The van der Waals surface area contributed by atoms with Gasteiger partial charge in [-0.3, -0.25) is 0 Å². The fourth-order valence-corrected chi connectivity index (χ4v) is 4.05. The minimum Gasteiger partial charge on any atom is -0.494 e. The minimum atomic E-state index is 0.534. The van der Waals surface area contributed by atoms with Crippen LogP contribution < -0.4 is 4.74 Å². The van der Waals surface area contributed by atoms with Crippen molar-refractivity contribution in [3.05, 3.63) is 65.7 Å². The number of thioether (sulfide) groups is 1. The molecule has 27 heavy (non-hydrogen) atoms. The van der Waals surface area contributed by atoms with Crippen LogP contribution in [0.4, 0.5) is 0 Å². The number of hydrogen-bond donors (Lipinski definition) is 0. The molecule has 5 nitrogen and oxygen atoms in total. The number of ether oxygens (including phenoxy) is 1. The van der Waals surface area contributed by atoms with Gasteiger partial charge < -0.3 is 9.15 Å². The Bertz CT molecular complexity index is 998. The molecule has 0 bridgehead atoms. The minimum absolute atomic E-state index is 0.534. The molecule has 0 aliphatic heterocycles. The maximum absolute atomic E-state index is 5.72. The molecule has 0 saturated carbocycles. The summed E-state index contributed by atoms with van der Waals surface area (Å²) in [4.78, 5) is 4.70. The average Bonchev–Trinajstić information content (AvgIpc) is 3.38. The van der Waals surface area contributed by atoms with E-state index in [2.05, 4.69) is 15.6 Å². The Hall–Kier alpha value is -2.64. The molecular weight excluding hydrogens is 378 g/mol. The lowest BCUT2D eigenvalue weighted by Gasteiger charge is -2.02. The Morgan fingerprint density at radius 3 is 2.59 bits per heavy atom. The number of thiazole rings is 1. The monoisotopic (exact) mass is 395 g/mol. The third-order valence-electron chi connectivity index (χ3n) is 3.73. The van der Waals surface area contributed by atoms with Crippen LogP contribution in [0.1, 0.15) is 12.6 Å². The van der Waals surface area contributed by atoms with Crippen molar-refractivity contribution in [3.8, 4) is 27.8 Å². The summed E-state index contributed by atoms with van der Waals surface area (Å²) in [5.74, 6) is 2.09. The number of hydrogen-bond acceptors (Lipinski definition) is 7. The third kappa shape index (κ3) is 4.37. The van der Waals surface area contributed by atoms with Crippen LogP contribution >= 0.6 is 23.1 Å². The molecule has 2 heterocycles. The number of aromatic nitrogens is 3. The van der Waals surface area contributed by atoms with Gasteiger partial charge in [0.05, 0.1) is 12.3 Å². The summed E-state index contributed by atoms with van der Waals surface area (Å²) < 4.78 is 11.2. The van der Waals surface area contributed by atoms with Crippen molar-refractivity contribution in [1.29, 1.82) is 0 Å². The molecule has 0 radical (unpaired) electrons. The third-order valence-corrected chi connectivity index (χ3v) is 5.53. The Morgan fingerprint density at radius 2 is 1.81 bits per heavy atom. The van der Waals surface area contributed by atoms with E-state index in [1.165, 1.54) is 11.8 Å². The van der Waals surface area contributed by atoms with Crippen molar-refractivity contribution in [2.75, 3.05) is 6.61 Å². The summed E-state index contributed by atoms with van der Waals surface area (Å²) >= 11 is 3.12. The Balaban J connectivity index is 1.39. The molecule has 0 amide bonds. The van der Waals surface area contributed by atoms with Gasteiger partial charge in [-0.1, -0.05) is 30.0 Å². The zero-order chi connectivity index (χ0) is 18.5. The molecule has 4 rings (SSSR count). The average molecular weight is 396 g/mol. The number of nitrogens with zero attached hydrogens (tertiary/aromatic N) is 3. The highest BCUT2D eigenvalue weighted by Gasteiger charge is 2.11. The molecule has 2 aromatic heterocycles. The van der Waals surface area contributed by atoms with Crippen molar-refractivity contribution >= 4 is 23.1 Å². The molecule has 0 unspecified atom stereocenters. The molecule has 0 saturated heterocycles. The van der Waals surface area contributed by atoms with Gasteiger partial charge in [-0.25, -0.2) is 4.98 Å². The van der Waals surface area contributed by atoms with Crippen molar-refractivity contribution in [2.45, 2.75) is 17.9 Å². The molecule has 136 valence electrons. The van der Waals surface area contributed by atoms with Gasteiger partial charge in [-0.2, -0.15) is 0 Å². The fourth-order valence-electron chi connectivity index (χ4n) is 2.47. The molecule has 2 aromatic carbocycles. The molecule has 4 aromatic rings. The zero-order valence-corrected chi connectivity index (χ0v) is 16.3. The van der Waals surface area contributed by atoms with Crippen LogP contribution in [0.2, 0.25) is 0 Å². The van der Waals surface area contributed by atoms with Crippen molar-refractivity contribution in [3.63, 3.8) is 0 Å². The number of benzene rings is 2. The second-order valence-electron chi connectivity index (χ2n) is 5.63. The second kappa shape index (κ2) is 8.37. The Morgan fingerprint density at radius 1 is 1.00 bits per heavy atom. The largest absolute Gasteiger partial charge is 0.494 e. The first-order valence-electron chi connectivity index (χ1n) is 8.51. The van der Waals surface area contributed by atoms with Gasteiger partial charge in [0.15, 0.2) is 0 Å². The van der Waals surface area contributed by atoms with E-state index in [1.807, 2.05) is 61.5 Å². The number of rotatable bonds is 7. The highest BCUT2D eigenvalue weighted by molar-refractivity contribution is 7.98. The maximum atomic E-state index is 5.72. The lowest BCUT2D eigenvalue weighted by Crippen LogP contribution is -1.90. The van der Waals surface area contributed by atoms with Gasteiger partial charge in [0, 0.05) is 22.3 Å². The first kappa shape index (κ1) is 17.8. The normalized spacial score (nSPS) is 10.9. The molecular formula is C20H17N3O2S2. The fraction of sp³-hybridized carbons (Fsp3) is 0.150. The predicted molar refractivity (Wildman–Crippen MR) is 108 cm³/mol. The molecule has 7 heteroatoms. The van der Waals surface area contributed by atoms with E-state index in [9.17, 15) is 0 Å². The summed E-state index contributed by atoms with van der Waals surface area (Å²) in [6.07, 6.45) is 0. The van der Waals surface area contributed by atoms with Crippen LogP contribution in [0.15, 0.2) is 69.6 Å². The summed E-state index contributed by atoms with van der Waals surface area (Å²) in [6.45, 7) is 2.64. The lowest BCUT2D eigenvalue weighted by atomic mass is 10.2. The predicted octanol–water partition coefficient (Wildman–Crippen LogP) is 5.55. The van der Waals surface area contributed by atoms with Gasteiger partial charge in [0.25, 0.3) is 5.22 Å². The highest BCUT2D eigenvalue weighted by Crippen LogP contribution is 2.29.